The van der Waals surface area contributed by atoms with Gasteiger partial charge >= 0.3 is 0 Å². The number of amides is 2. The van der Waals surface area contributed by atoms with E-state index in [4.69, 9.17) is 0 Å². The Morgan fingerprint density at radius 2 is 2.04 bits per heavy atom. The number of hydrogen-bond acceptors (Lipinski definition) is 5. The van der Waals surface area contributed by atoms with E-state index < -0.39 is 6.29 Å². The van der Waals surface area contributed by atoms with E-state index in [1.807, 2.05) is 51.1 Å². The van der Waals surface area contributed by atoms with Crippen molar-refractivity contribution in [2.24, 2.45) is 5.92 Å². The number of aromatic nitrogens is 2. The van der Waals surface area contributed by atoms with Crippen LogP contribution in [-0.2, 0) is 9.59 Å². The minimum atomic E-state index is -0.480. The van der Waals surface area contributed by atoms with Gasteiger partial charge in [-0.25, -0.2) is 4.68 Å². The highest BCUT2D eigenvalue weighted by Gasteiger charge is 2.32. The predicted octanol–water partition coefficient (Wildman–Crippen LogP) is 2.51. The van der Waals surface area contributed by atoms with Gasteiger partial charge in [0.05, 0.1) is 11.6 Å². The fourth-order valence-corrected chi connectivity index (χ4v) is 3.72. The number of thioether (sulfide) groups is 1. The van der Waals surface area contributed by atoms with Crippen LogP contribution in [0.3, 0.4) is 0 Å². The summed E-state index contributed by atoms with van der Waals surface area (Å²) in [6.45, 7) is 5.70. The van der Waals surface area contributed by atoms with Crippen LogP contribution < -0.4 is 16.0 Å². The highest BCUT2D eigenvalue weighted by atomic mass is 32.2. The Labute approximate surface area is 163 Å². The third-order valence-electron chi connectivity index (χ3n) is 4.57. The van der Waals surface area contributed by atoms with Crippen LogP contribution in [0.1, 0.15) is 32.3 Å². The van der Waals surface area contributed by atoms with Crippen molar-refractivity contribution in [3.63, 3.8) is 0 Å². The highest BCUT2D eigenvalue weighted by Crippen LogP contribution is 2.21. The maximum atomic E-state index is 12.4. The number of carbonyl (C=O) groups excluding carboxylic acids is 2. The van der Waals surface area contributed by atoms with Crippen LogP contribution in [0.4, 0.5) is 5.82 Å². The maximum Gasteiger partial charge on any atom is 0.227 e. The van der Waals surface area contributed by atoms with Gasteiger partial charge < -0.3 is 10.6 Å². The topological polar surface area (TPSA) is 88.0 Å². The van der Waals surface area contributed by atoms with E-state index in [9.17, 15) is 9.59 Å². The summed E-state index contributed by atoms with van der Waals surface area (Å²) in [5.74, 6) is 1.03. The summed E-state index contributed by atoms with van der Waals surface area (Å²) in [6.07, 6.45) is -0.0896. The molecule has 2 amide bonds. The van der Waals surface area contributed by atoms with Crippen molar-refractivity contribution in [2.45, 2.75) is 44.4 Å². The van der Waals surface area contributed by atoms with Gasteiger partial charge in [-0.2, -0.15) is 5.10 Å². The number of nitrogens with zero attached hydrogens (tertiary/aromatic N) is 2. The van der Waals surface area contributed by atoms with Crippen LogP contribution in [0, 0.1) is 12.8 Å². The second-order valence-corrected chi connectivity index (χ2v) is 7.90. The number of rotatable bonds is 6. The number of anilines is 1. The molecule has 1 saturated heterocycles. The standard InChI is InChI=1S/C19H25N5O2S/c1-12-11-16(21-17(25)9-10-27-15-7-5-4-6-8-15)24(23-12)19-20-14(3)13(2)18(26)22-19/h4-8,11,13-14,19-20H,9-10H2,1-3H3,(H,21,25)(H,22,26). The van der Waals surface area contributed by atoms with E-state index in [2.05, 4.69) is 21.0 Å². The van der Waals surface area contributed by atoms with Crippen molar-refractivity contribution < 1.29 is 9.59 Å². The molecule has 7 nitrogen and oxygen atoms in total. The first-order chi connectivity index (χ1) is 12.9. The van der Waals surface area contributed by atoms with Crippen molar-refractivity contribution in [2.75, 3.05) is 11.1 Å². The number of carbonyl (C=O) groups is 2. The van der Waals surface area contributed by atoms with Gasteiger partial charge in [-0.3, -0.25) is 14.9 Å². The fraction of sp³-hybridized carbons (Fsp3) is 0.421. The molecule has 0 radical (unpaired) electrons. The molecule has 0 bridgehead atoms. The highest BCUT2D eigenvalue weighted by molar-refractivity contribution is 7.99. The SMILES string of the molecule is Cc1cc(NC(=O)CCSc2ccccc2)n(C2NC(=O)C(C)C(C)N2)n1. The van der Waals surface area contributed by atoms with Gasteiger partial charge in [0, 0.05) is 29.2 Å². The first-order valence-electron chi connectivity index (χ1n) is 9.04. The van der Waals surface area contributed by atoms with Crippen LogP contribution >= 0.6 is 11.8 Å². The molecule has 1 fully saturated rings. The fourth-order valence-electron chi connectivity index (χ4n) is 2.85. The van der Waals surface area contributed by atoms with Crippen molar-refractivity contribution in [3.8, 4) is 0 Å². The van der Waals surface area contributed by atoms with Gasteiger partial charge in [0.1, 0.15) is 5.82 Å². The van der Waals surface area contributed by atoms with Gasteiger partial charge in [-0.15, -0.1) is 11.8 Å². The molecule has 1 aromatic carbocycles. The average Bonchev–Trinajstić information content (AvgIpc) is 3.00. The molecule has 3 unspecified atom stereocenters. The Hall–Kier alpha value is -2.32. The molecule has 1 aromatic heterocycles. The lowest BCUT2D eigenvalue weighted by atomic mass is 10.0. The van der Waals surface area contributed by atoms with Gasteiger partial charge in [0.15, 0.2) is 6.29 Å². The van der Waals surface area contributed by atoms with Crippen molar-refractivity contribution >= 4 is 29.4 Å². The maximum absolute atomic E-state index is 12.4. The lowest BCUT2D eigenvalue weighted by Crippen LogP contribution is -2.57. The summed E-state index contributed by atoms with van der Waals surface area (Å²) in [7, 11) is 0. The molecule has 3 atom stereocenters. The van der Waals surface area contributed by atoms with Crippen LogP contribution in [0.5, 0.6) is 0 Å². The van der Waals surface area contributed by atoms with E-state index in [1.54, 1.807) is 22.5 Å². The molecule has 0 saturated carbocycles. The first-order valence-corrected chi connectivity index (χ1v) is 10.0. The summed E-state index contributed by atoms with van der Waals surface area (Å²) >= 11 is 1.64. The van der Waals surface area contributed by atoms with Gasteiger partial charge in [-0.1, -0.05) is 25.1 Å². The number of aryl methyl sites for hydroxylation is 1. The Bertz CT molecular complexity index is 808. The zero-order chi connectivity index (χ0) is 19.4. The van der Waals surface area contributed by atoms with Crippen molar-refractivity contribution in [1.82, 2.24) is 20.4 Å². The molecule has 0 spiro atoms. The average molecular weight is 388 g/mol. The first kappa shape index (κ1) is 19.4. The van der Waals surface area contributed by atoms with Gasteiger partial charge in [0.25, 0.3) is 0 Å². The molecule has 3 rings (SSSR count). The summed E-state index contributed by atoms with van der Waals surface area (Å²) in [5, 5.41) is 13.6. The largest absolute Gasteiger partial charge is 0.322 e. The molecule has 144 valence electrons. The van der Waals surface area contributed by atoms with Crippen LogP contribution in [-0.4, -0.2) is 33.4 Å². The third-order valence-corrected chi connectivity index (χ3v) is 5.59. The van der Waals surface area contributed by atoms with Gasteiger partial charge in [0.2, 0.25) is 11.8 Å². The van der Waals surface area contributed by atoms with Crippen LogP contribution in [0.25, 0.3) is 0 Å². The molecule has 2 aromatic rings. The Balaban J connectivity index is 1.60. The Morgan fingerprint density at radius 1 is 1.30 bits per heavy atom. The second-order valence-electron chi connectivity index (χ2n) is 6.73. The molecule has 2 heterocycles. The summed E-state index contributed by atoms with van der Waals surface area (Å²) in [4.78, 5) is 25.6. The number of nitrogens with one attached hydrogen (secondary N) is 3. The van der Waals surface area contributed by atoms with Crippen molar-refractivity contribution in [3.05, 3.63) is 42.1 Å². The normalized spacial score (nSPS) is 22.3. The Kier molecular flexibility index (Phi) is 6.18. The summed E-state index contributed by atoms with van der Waals surface area (Å²) in [5.41, 5.74) is 0.770. The summed E-state index contributed by atoms with van der Waals surface area (Å²) < 4.78 is 1.62. The van der Waals surface area contributed by atoms with E-state index in [0.29, 0.717) is 18.0 Å². The predicted molar refractivity (Wildman–Crippen MR) is 106 cm³/mol. The summed E-state index contributed by atoms with van der Waals surface area (Å²) in [6, 6.07) is 11.8. The minimum Gasteiger partial charge on any atom is -0.322 e. The van der Waals surface area contributed by atoms with Crippen molar-refractivity contribution in [1.29, 1.82) is 0 Å². The molecule has 3 N–H and O–H groups in total. The molecule has 0 aliphatic carbocycles. The van der Waals surface area contributed by atoms with Crippen LogP contribution in [0.2, 0.25) is 0 Å². The number of benzene rings is 1. The molecular weight excluding hydrogens is 362 g/mol. The quantitative estimate of drug-likeness (QED) is 0.663. The molecule has 27 heavy (non-hydrogen) atoms. The third kappa shape index (κ3) is 4.90. The lowest BCUT2D eigenvalue weighted by Gasteiger charge is -2.34. The zero-order valence-electron chi connectivity index (χ0n) is 15.7. The molecule has 1 aliphatic rings. The zero-order valence-corrected chi connectivity index (χ0v) is 16.5. The smallest absolute Gasteiger partial charge is 0.227 e. The molecule has 8 heteroatoms. The van der Waals surface area contributed by atoms with E-state index in [-0.39, 0.29) is 23.8 Å². The second kappa shape index (κ2) is 8.58. The minimum absolute atomic E-state index is 0.0130. The van der Waals surface area contributed by atoms with Crippen LogP contribution in [0.15, 0.2) is 41.3 Å². The van der Waals surface area contributed by atoms with E-state index >= 15 is 0 Å². The Morgan fingerprint density at radius 3 is 2.74 bits per heavy atom. The van der Waals surface area contributed by atoms with E-state index in [0.717, 1.165) is 10.6 Å². The monoisotopic (exact) mass is 387 g/mol. The molecule has 1 aliphatic heterocycles. The van der Waals surface area contributed by atoms with Gasteiger partial charge in [-0.05, 0) is 26.0 Å². The number of hydrogen-bond donors (Lipinski definition) is 3. The molecular formula is C19H25N5O2S. The van der Waals surface area contributed by atoms with E-state index in [1.165, 1.54) is 0 Å². The lowest BCUT2D eigenvalue weighted by molar-refractivity contribution is -0.130.